The molecule has 4 aromatic rings. The number of allylic oxidation sites excluding steroid dienone is 1. The molecule has 2 heterocycles. The molecular weight excluding hydrogens is 514 g/mol. The van der Waals surface area contributed by atoms with Gasteiger partial charge in [-0.25, -0.2) is 4.98 Å². The van der Waals surface area contributed by atoms with Gasteiger partial charge in [-0.3, -0.25) is 9.36 Å². The lowest BCUT2D eigenvalue weighted by atomic mass is 10.2. The summed E-state index contributed by atoms with van der Waals surface area (Å²) >= 11 is 8.65. The number of amides is 1. The Bertz CT molecular complexity index is 1300. The summed E-state index contributed by atoms with van der Waals surface area (Å²) in [7, 11) is 0. The lowest BCUT2D eigenvalue weighted by Gasteiger charge is -2.09. The van der Waals surface area contributed by atoms with E-state index in [1.807, 2.05) is 58.5 Å². The quantitative estimate of drug-likeness (QED) is 0.121. The van der Waals surface area contributed by atoms with Crippen LogP contribution in [-0.4, -0.2) is 38.0 Å². The summed E-state index contributed by atoms with van der Waals surface area (Å²) in [5.41, 5.74) is 2.65. The highest BCUT2D eigenvalue weighted by Crippen LogP contribution is 2.28. The van der Waals surface area contributed by atoms with E-state index >= 15 is 0 Å². The number of halogens is 1. The van der Waals surface area contributed by atoms with Gasteiger partial charge in [-0.2, -0.15) is 0 Å². The largest absolute Gasteiger partial charge is 0.494 e. The number of hydrogen-bond acceptors (Lipinski definition) is 7. The number of unbranched alkanes of at least 4 members (excludes halogenated alkanes) is 1. The zero-order chi connectivity index (χ0) is 25.3. The molecule has 36 heavy (non-hydrogen) atoms. The first-order valence-electron chi connectivity index (χ1n) is 11.5. The summed E-state index contributed by atoms with van der Waals surface area (Å²) in [5, 5.41) is 15.3. The second-order valence-electron chi connectivity index (χ2n) is 7.81. The smallest absolute Gasteiger partial charge is 0.236 e. The average Bonchev–Trinajstić information content (AvgIpc) is 3.51. The van der Waals surface area contributed by atoms with E-state index in [1.54, 1.807) is 6.08 Å². The molecule has 0 aliphatic heterocycles. The van der Waals surface area contributed by atoms with Crippen LogP contribution in [0.3, 0.4) is 0 Å². The van der Waals surface area contributed by atoms with E-state index in [4.69, 9.17) is 16.3 Å². The van der Waals surface area contributed by atoms with E-state index in [0.717, 1.165) is 35.4 Å². The SMILES string of the molecule is C=CCn1c(SCC(=O)Nc2nc(-c3ccc(Cl)cc3)cs2)nnc1-c1ccc(OCCCC)cc1. The number of ether oxygens (including phenoxy) is 1. The fraction of sp³-hybridized carbons (Fsp3) is 0.231. The number of thiazole rings is 1. The van der Waals surface area contributed by atoms with Gasteiger partial charge in [-0.1, -0.05) is 54.9 Å². The molecule has 1 N–H and O–H groups in total. The minimum atomic E-state index is -0.166. The first-order valence-corrected chi connectivity index (χ1v) is 13.7. The van der Waals surface area contributed by atoms with Crippen molar-refractivity contribution >= 4 is 45.7 Å². The highest BCUT2D eigenvalue weighted by molar-refractivity contribution is 7.99. The number of thioether (sulfide) groups is 1. The Balaban J connectivity index is 1.38. The lowest BCUT2D eigenvalue weighted by molar-refractivity contribution is -0.113. The molecule has 0 aliphatic rings. The first kappa shape index (κ1) is 25.9. The number of benzene rings is 2. The minimum absolute atomic E-state index is 0.166. The van der Waals surface area contributed by atoms with Gasteiger partial charge in [-0.05, 0) is 42.8 Å². The summed E-state index contributed by atoms with van der Waals surface area (Å²) < 4.78 is 7.69. The molecule has 0 saturated heterocycles. The van der Waals surface area contributed by atoms with Crippen molar-refractivity contribution in [1.82, 2.24) is 19.7 Å². The Morgan fingerprint density at radius 3 is 2.64 bits per heavy atom. The van der Waals surface area contributed by atoms with Crippen molar-refractivity contribution in [3.05, 3.63) is 71.6 Å². The van der Waals surface area contributed by atoms with Crippen molar-refractivity contribution in [2.45, 2.75) is 31.5 Å². The van der Waals surface area contributed by atoms with Crippen LogP contribution in [-0.2, 0) is 11.3 Å². The Kier molecular flexibility index (Phi) is 9.16. The van der Waals surface area contributed by atoms with Crippen LogP contribution in [0.15, 0.2) is 71.7 Å². The summed E-state index contributed by atoms with van der Waals surface area (Å²) in [6.45, 7) is 7.22. The molecule has 0 saturated carbocycles. The van der Waals surface area contributed by atoms with Gasteiger partial charge in [0.2, 0.25) is 5.91 Å². The standard InChI is InChI=1S/C26H26ClN5O2S2/c1-3-5-15-34-21-12-8-19(9-13-21)24-30-31-26(32(24)14-4-2)36-17-23(33)29-25-28-22(16-35-25)18-6-10-20(27)11-7-18/h4,6-13,16H,2-3,5,14-15,17H2,1H3,(H,28,29,33). The van der Waals surface area contributed by atoms with Gasteiger partial charge in [0.25, 0.3) is 0 Å². The maximum atomic E-state index is 12.6. The molecule has 2 aromatic heterocycles. The molecule has 0 atom stereocenters. The third-order valence-electron chi connectivity index (χ3n) is 5.13. The lowest BCUT2D eigenvalue weighted by Crippen LogP contribution is -2.14. The Morgan fingerprint density at radius 2 is 1.92 bits per heavy atom. The van der Waals surface area contributed by atoms with E-state index in [-0.39, 0.29) is 11.7 Å². The highest BCUT2D eigenvalue weighted by atomic mass is 35.5. The van der Waals surface area contributed by atoms with Crippen LogP contribution >= 0.6 is 34.7 Å². The van der Waals surface area contributed by atoms with Crippen molar-refractivity contribution in [2.75, 3.05) is 17.7 Å². The average molecular weight is 540 g/mol. The van der Waals surface area contributed by atoms with Crippen LogP contribution in [0.2, 0.25) is 5.02 Å². The van der Waals surface area contributed by atoms with Gasteiger partial charge >= 0.3 is 0 Å². The predicted molar refractivity (Wildman–Crippen MR) is 148 cm³/mol. The molecule has 0 radical (unpaired) electrons. The number of anilines is 1. The Labute approximate surface area is 223 Å². The summed E-state index contributed by atoms with van der Waals surface area (Å²) in [5.74, 6) is 1.55. The molecule has 0 aliphatic carbocycles. The van der Waals surface area contributed by atoms with Gasteiger partial charge in [0.05, 0.1) is 18.1 Å². The third kappa shape index (κ3) is 6.75. The van der Waals surface area contributed by atoms with Crippen LogP contribution < -0.4 is 10.1 Å². The molecule has 10 heteroatoms. The van der Waals surface area contributed by atoms with Gasteiger partial charge in [0.1, 0.15) is 5.75 Å². The number of rotatable bonds is 12. The second kappa shape index (κ2) is 12.7. The van der Waals surface area contributed by atoms with Crippen molar-refractivity contribution in [2.24, 2.45) is 0 Å². The van der Waals surface area contributed by atoms with E-state index in [0.29, 0.717) is 34.3 Å². The van der Waals surface area contributed by atoms with Crippen LogP contribution in [0.4, 0.5) is 5.13 Å². The van der Waals surface area contributed by atoms with Crippen LogP contribution in [0.1, 0.15) is 19.8 Å². The molecule has 4 rings (SSSR count). The van der Waals surface area contributed by atoms with E-state index in [2.05, 4.69) is 34.0 Å². The fourth-order valence-corrected chi connectivity index (χ4v) is 4.92. The molecule has 7 nitrogen and oxygen atoms in total. The number of nitrogens with zero attached hydrogens (tertiary/aromatic N) is 4. The number of carbonyl (C=O) groups is 1. The first-order chi connectivity index (χ1) is 17.6. The molecule has 1 amide bonds. The number of hydrogen-bond donors (Lipinski definition) is 1. The van der Waals surface area contributed by atoms with Crippen molar-refractivity contribution in [3.63, 3.8) is 0 Å². The van der Waals surface area contributed by atoms with Gasteiger partial charge in [0.15, 0.2) is 16.1 Å². The maximum absolute atomic E-state index is 12.6. The molecule has 0 unspecified atom stereocenters. The number of nitrogens with one attached hydrogen (secondary N) is 1. The fourth-order valence-electron chi connectivity index (χ4n) is 3.31. The van der Waals surface area contributed by atoms with E-state index in [9.17, 15) is 4.79 Å². The summed E-state index contributed by atoms with van der Waals surface area (Å²) in [6, 6.07) is 15.2. The van der Waals surface area contributed by atoms with Crippen LogP contribution in [0, 0.1) is 0 Å². The summed E-state index contributed by atoms with van der Waals surface area (Å²) in [4.78, 5) is 17.1. The monoisotopic (exact) mass is 539 g/mol. The summed E-state index contributed by atoms with van der Waals surface area (Å²) in [6.07, 6.45) is 3.90. The third-order valence-corrected chi connectivity index (χ3v) is 7.11. The predicted octanol–water partition coefficient (Wildman–Crippen LogP) is 6.82. The zero-order valence-corrected chi connectivity index (χ0v) is 22.2. The van der Waals surface area contributed by atoms with Gasteiger partial charge in [-0.15, -0.1) is 28.1 Å². The molecule has 186 valence electrons. The van der Waals surface area contributed by atoms with Crippen LogP contribution in [0.25, 0.3) is 22.6 Å². The molecule has 0 fully saturated rings. The topological polar surface area (TPSA) is 81.9 Å². The molecule has 0 bridgehead atoms. The number of aromatic nitrogens is 4. The highest BCUT2D eigenvalue weighted by Gasteiger charge is 2.16. The van der Waals surface area contributed by atoms with E-state index < -0.39 is 0 Å². The molecular formula is C26H26ClN5O2S2. The zero-order valence-electron chi connectivity index (χ0n) is 19.8. The molecule has 2 aromatic carbocycles. The van der Waals surface area contributed by atoms with Crippen molar-refractivity contribution in [1.29, 1.82) is 0 Å². The van der Waals surface area contributed by atoms with Crippen molar-refractivity contribution < 1.29 is 9.53 Å². The normalized spacial score (nSPS) is 10.8. The van der Waals surface area contributed by atoms with Gasteiger partial charge in [0, 0.05) is 28.1 Å². The Morgan fingerprint density at radius 1 is 1.17 bits per heavy atom. The Hall–Kier alpha value is -3.14. The second-order valence-corrected chi connectivity index (χ2v) is 10.1. The molecule has 0 spiro atoms. The van der Waals surface area contributed by atoms with Gasteiger partial charge < -0.3 is 10.1 Å². The maximum Gasteiger partial charge on any atom is 0.236 e. The minimum Gasteiger partial charge on any atom is -0.494 e. The van der Waals surface area contributed by atoms with E-state index in [1.165, 1.54) is 23.1 Å². The number of carbonyl (C=O) groups excluding carboxylic acids is 1. The van der Waals surface area contributed by atoms with Crippen molar-refractivity contribution in [3.8, 4) is 28.4 Å². The van der Waals surface area contributed by atoms with Crippen LogP contribution in [0.5, 0.6) is 5.75 Å².